The predicted octanol–water partition coefficient (Wildman–Crippen LogP) is 5.76. The van der Waals surface area contributed by atoms with Gasteiger partial charge in [0.05, 0.1) is 23.5 Å². The van der Waals surface area contributed by atoms with Gasteiger partial charge in [0.15, 0.2) is 0 Å². The smallest absolute Gasteiger partial charge is 0.360 e. The fourth-order valence-corrected chi connectivity index (χ4v) is 10.2. The predicted molar refractivity (Wildman–Crippen MR) is 155 cm³/mol. The van der Waals surface area contributed by atoms with Gasteiger partial charge in [-0.1, -0.05) is 42.7 Å². The lowest BCUT2D eigenvalue weighted by Crippen LogP contribution is -2.66. The van der Waals surface area contributed by atoms with Crippen LogP contribution >= 0.6 is 0 Å². The van der Waals surface area contributed by atoms with Crippen LogP contribution in [0.3, 0.4) is 0 Å². The van der Waals surface area contributed by atoms with Crippen molar-refractivity contribution in [3.63, 3.8) is 0 Å². The van der Waals surface area contributed by atoms with Crippen LogP contribution in [0.15, 0.2) is 34.1 Å². The lowest BCUT2D eigenvalue weighted by atomic mass is 9.64. The molecule has 1 aromatic carbocycles. The van der Waals surface area contributed by atoms with Gasteiger partial charge < -0.3 is 9.67 Å². The maximum Gasteiger partial charge on any atom is 0.360 e. The molecule has 8 nitrogen and oxygen atoms in total. The van der Waals surface area contributed by atoms with Crippen LogP contribution in [0.2, 0.25) is 0 Å². The maximum absolute atomic E-state index is 13.8. The average Bonchev–Trinajstić information content (AvgIpc) is 3.24. The van der Waals surface area contributed by atoms with Crippen molar-refractivity contribution in [2.45, 2.75) is 113 Å². The minimum Gasteiger partial charge on any atom is -0.476 e. The molecule has 2 aliphatic heterocycles. The number of nitrogens with zero attached hydrogens (tertiary/aromatic N) is 5. The Morgan fingerprint density at radius 3 is 2.55 bits per heavy atom. The van der Waals surface area contributed by atoms with Crippen LogP contribution in [0.1, 0.15) is 100 Å². The molecule has 40 heavy (non-hydrogen) atoms. The summed E-state index contributed by atoms with van der Waals surface area (Å²) in [6.07, 6.45) is 14.5. The van der Waals surface area contributed by atoms with Crippen LogP contribution in [0.5, 0.6) is 0 Å². The Morgan fingerprint density at radius 2 is 1.82 bits per heavy atom. The Bertz CT molecular complexity index is 1450. The van der Waals surface area contributed by atoms with E-state index in [0.29, 0.717) is 23.5 Å². The van der Waals surface area contributed by atoms with Gasteiger partial charge in [0.1, 0.15) is 0 Å². The topological polar surface area (TPSA) is 92.1 Å². The molecule has 3 unspecified atom stereocenters. The van der Waals surface area contributed by atoms with Crippen LogP contribution in [0.4, 0.5) is 0 Å². The van der Waals surface area contributed by atoms with E-state index >= 15 is 0 Å². The lowest BCUT2D eigenvalue weighted by Gasteiger charge is -2.57. The lowest BCUT2D eigenvalue weighted by molar-refractivity contribution is -0.108. The highest BCUT2D eigenvalue weighted by molar-refractivity contribution is 5.88. The van der Waals surface area contributed by atoms with E-state index in [2.05, 4.69) is 21.6 Å². The first-order valence-electron chi connectivity index (χ1n) is 15.3. The highest BCUT2D eigenvalue weighted by Crippen LogP contribution is 2.59. The van der Waals surface area contributed by atoms with Gasteiger partial charge in [0.25, 0.3) is 12.1 Å². The molecule has 8 heteroatoms. The maximum atomic E-state index is 13.8. The summed E-state index contributed by atoms with van der Waals surface area (Å²) in [5.74, 6) is -0.169. The summed E-state index contributed by atoms with van der Waals surface area (Å²) < 4.78 is 1.75. The second-order valence-corrected chi connectivity index (χ2v) is 13.4. The third-order valence-corrected chi connectivity index (χ3v) is 11.5. The van der Waals surface area contributed by atoms with Crippen LogP contribution in [0, 0.1) is 24.3 Å². The van der Waals surface area contributed by atoms with E-state index in [4.69, 9.17) is 11.4 Å². The Balaban J connectivity index is 1.37. The van der Waals surface area contributed by atoms with E-state index in [9.17, 15) is 14.7 Å². The number of hydrogen-bond donors (Lipinski definition) is 1. The van der Waals surface area contributed by atoms with Gasteiger partial charge in [0.2, 0.25) is 5.69 Å². The number of piperidine rings is 1. The Hall–Kier alpha value is -3.05. The molecule has 3 saturated carbocycles. The summed E-state index contributed by atoms with van der Waals surface area (Å²) in [6.45, 7) is 10.4. The first kappa shape index (κ1) is 25.9. The largest absolute Gasteiger partial charge is 0.476 e. The third kappa shape index (κ3) is 3.73. The van der Waals surface area contributed by atoms with Crippen molar-refractivity contribution in [1.29, 1.82) is 0 Å². The third-order valence-electron chi connectivity index (χ3n) is 11.5. The molecule has 210 valence electrons. The van der Waals surface area contributed by atoms with Gasteiger partial charge in [-0.15, -0.1) is 0 Å². The monoisotopic (exact) mass is 542 g/mol. The zero-order valence-corrected chi connectivity index (χ0v) is 23.3. The van der Waals surface area contributed by atoms with Crippen LogP contribution in [-0.4, -0.2) is 55.5 Å². The first-order chi connectivity index (χ1) is 19.4. The number of benzene rings is 1. The number of rotatable bonds is 4. The van der Waals surface area contributed by atoms with Gasteiger partial charge in [-0.05, 0) is 81.5 Å². The zero-order chi connectivity index (χ0) is 27.6. The molecule has 4 bridgehead atoms. The summed E-state index contributed by atoms with van der Waals surface area (Å²) in [4.78, 5) is 42.4. The van der Waals surface area contributed by atoms with Gasteiger partial charge >= 0.3 is 11.6 Å². The molecule has 5 aliphatic rings. The molecule has 3 heterocycles. The Morgan fingerprint density at radius 1 is 1.07 bits per heavy atom. The number of hydrogen-bond acceptors (Lipinski definition) is 5. The van der Waals surface area contributed by atoms with Crippen molar-refractivity contribution in [2.24, 2.45) is 22.7 Å². The first-order valence-corrected chi connectivity index (χ1v) is 15.3. The average molecular weight is 543 g/mol. The van der Waals surface area contributed by atoms with Gasteiger partial charge in [-0.25, -0.2) is 14.7 Å². The molecular weight excluding hydrogens is 502 g/mol. The quantitative estimate of drug-likeness (QED) is 0.496. The molecule has 1 N–H and O–H groups in total. The van der Waals surface area contributed by atoms with Crippen molar-refractivity contribution >= 4 is 23.7 Å². The second-order valence-electron chi connectivity index (χ2n) is 13.4. The normalized spacial score (nSPS) is 39.2. The highest BCUT2D eigenvalue weighted by Gasteiger charge is 2.66. The Kier molecular flexibility index (Phi) is 6.16. The molecule has 1 aromatic heterocycles. The summed E-state index contributed by atoms with van der Waals surface area (Å²) >= 11 is 0. The summed E-state index contributed by atoms with van der Waals surface area (Å²) in [5, 5.41) is 9.88. The molecule has 2 aromatic rings. The molecular formula is C32H40N5O3+. The van der Waals surface area contributed by atoms with Crippen LogP contribution in [0.25, 0.3) is 15.9 Å². The van der Waals surface area contributed by atoms with Gasteiger partial charge in [-0.2, -0.15) is 0 Å². The minimum atomic E-state index is -1.29. The highest BCUT2D eigenvalue weighted by atomic mass is 16.4. The number of carboxylic acid groups (broad SMARTS) is 1. The summed E-state index contributed by atoms with van der Waals surface area (Å²) in [5.41, 5.74) is 0.00978. The molecule has 2 saturated heterocycles. The van der Waals surface area contributed by atoms with E-state index in [-0.39, 0.29) is 29.5 Å². The minimum absolute atomic E-state index is 0.0371. The molecule has 7 rings (SSSR count). The van der Waals surface area contributed by atoms with E-state index in [1.54, 1.807) is 10.6 Å². The fourth-order valence-electron chi connectivity index (χ4n) is 10.2. The number of aromatic nitrogens is 2. The van der Waals surface area contributed by atoms with Crippen molar-refractivity contribution in [2.75, 3.05) is 0 Å². The zero-order valence-electron chi connectivity index (χ0n) is 23.3. The molecule has 6 atom stereocenters. The number of para-hydroxylation sites is 2. The standard InChI is InChI=1S/C32H39N5O3/c1-33-25-17-27(36-26-12-4-3-11-24(26)35-28(29(36)38)30(39)40)22-16-21-10-7-15-32(34-2,19-23(22)25)37(21)31-13-5-8-20(18-31)9-6-14-31/h2-4,11-12,20-23,25,27H,1,5-10,13-19H2/p+1/t20?,21-,22?,23?,25-,27?,31?,32+/m0/s1. The van der Waals surface area contributed by atoms with E-state index in [1.807, 2.05) is 18.2 Å². The number of fused-ring (bicyclic) bond motifs is 7. The molecule has 0 amide bonds. The molecule has 0 radical (unpaired) electrons. The number of aromatic carboxylic acids is 1. The Labute approximate surface area is 235 Å². The molecule has 3 aliphatic carbocycles. The van der Waals surface area contributed by atoms with Gasteiger partial charge in [0, 0.05) is 24.0 Å². The summed E-state index contributed by atoms with van der Waals surface area (Å²) in [6, 6.07) is 7.52. The van der Waals surface area contributed by atoms with E-state index in [0.717, 1.165) is 38.0 Å². The van der Waals surface area contributed by atoms with Crippen molar-refractivity contribution in [3.05, 3.63) is 45.2 Å². The van der Waals surface area contributed by atoms with E-state index < -0.39 is 22.9 Å². The summed E-state index contributed by atoms with van der Waals surface area (Å²) in [7, 11) is 0. The van der Waals surface area contributed by atoms with Crippen LogP contribution in [-0.2, 0) is 0 Å². The SMILES string of the molecule is C#[N+][C@@]12CCC[C@@H](CC3C(C1)[C@@H](N=C)CC3n1c(=O)c(C(=O)O)nc3ccccc31)N2C12CCCC(CCC1)C2. The fraction of sp³-hybridized carbons (Fsp3) is 0.656. The number of carbonyl (C=O) groups is 1. The van der Waals surface area contributed by atoms with Crippen LogP contribution < -0.4 is 5.56 Å². The second kappa shape index (κ2) is 9.51. The number of aliphatic imine (C=N–C) groups is 1. The van der Waals surface area contributed by atoms with Crippen molar-refractivity contribution < 1.29 is 9.90 Å². The molecule has 0 spiro atoms. The molecule has 5 fully saturated rings. The number of carboxylic acids is 1. The van der Waals surface area contributed by atoms with Crippen molar-refractivity contribution in [3.8, 4) is 6.57 Å². The van der Waals surface area contributed by atoms with Gasteiger partial charge in [-0.3, -0.25) is 9.79 Å². The van der Waals surface area contributed by atoms with Crippen molar-refractivity contribution in [1.82, 2.24) is 14.5 Å². The van der Waals surface area contributed by atoms with E-state index in [1.165, 1.54) is 44.9 Å².